The topological polar surface area (TPSA) is 85.8 Å². The van der Waals surface area contributed by atoms with Crippen LogP contribution in [0, 0.1) is 6.92 Å². The third kappa shape index (κ3) is 5.49. The van der Waals surface area contributed by atoms with Gasteiger partial charge >= 0.3 is 5.97 Å². The van der Waals surface area contributed by atoms with E-state index in [2.05, 4.69) is 50.2 Å². The Kier molecular flexibility index (Phi) is 7.13. The molecule has 6 heteroatoms. The minimum atomic E-state index is -1.34. The predicted octanol–water partition coefficient (Wildman–Crippen LogP) is 4.68. The van der Waals surface area contributed by atoms with Gasteiger partial charge in [-0.2, -0.15) is 0 Å². The van der Waals surface area contributed by atoms with E-state index in [1.165, 1.54) is 11.1 Å². The van der Waals surface area contributed by atoms with Gasteiger partial charge in [0.2, 0.25) is 5.76 Å². The molecule has 4 rings (SSSR count). The molecule has 0 saturated heterocycles. The van der Waals surface area contributed by atoms with Crippen molar-refractivity contribution in [3.8, 4) is 0 Å². The van der Waals surface area contributed by atoms with Gasteiger partial charge in [-0.25, -0.2) is 4.79 Å². The minimum Gasteiger partial charge on any atom is -0.454 e. The molecular formula is C29H34N2O4. The highest BCUT2D eigenvalue weighted by molar-refractivity contribution is 5.92. The Hall–Kier alpha value is -3.38. The molecule has 35 heavy (non-hydrogen) atoms. The lowest BCUT2D eigenvalue weighted by molar-refractivity contribution is -0.144. The molecule has 184 valence electrons. The third-order valence-corrected chi connectivity index (χ3v) is 7.41. The number of benzene rings is 2. The summed E-state index contributed by atoms with van der Waals surface area (Å²) in [4.78, 5) is 27.8. The highest BCUT2D eigenvalue weighted by Gasteiger charge is 2.50. The van der Waals surface area contributed by atoms with Crippen molar-refractivity contribution in [1.82, 2.24) is 4.90 Å². The van der Waals surface area contributed by atoms with Crippen molar-refractivity contribution in [3.05, 3.63) is 94.9 Å². The molecule has 0 atom stereocenters. The van der Waals surface area contributed by atoms with E-state index >= 15 is 0 Å². The molecule has 1 amide bonds. The Balaban J connectivity index is 1.46. The average Bonchev–Trinajstić information content (AvgIpc) is 3.31. The summed E-state index contributed by atoms with van der Waals surface area (Å²) in [7, 11) is 4.13. The number of aryl methyl sites for hydroxylation is 1. The highest BCUT2D eigenvalue weighted by atomic mass is 16.6. The van der Waals surface area contributed by atoms with E-state index < -0.39 is 17.5 Å². The van der Waals surface area contributed by atoms with E-state index in [1.54, 1.807) is 12.1 Å². The number of hydrogen-bond acceptors (Lipinski definition) is 5. The third-order valence-electron chi connectivity index (χ3n) is 7.41. The lowest BCUT2D eigenvalue weighted by Gasteiger charge is -2.48. The lowest BCUT2D eigenvalue weighted by Crippen LogP contribution is -2.57. The standard InChI is InChI=1S/C29H34N2O4/c1-21-9-11-23(12-10-21)20-28(31(2)3)15-17-29(18-16-28,27(30)33)35-26(32)25-14-13-24(34-25)19-22-7-5-4-6-8-22/h4-14H,15-20H2,1-3H3,(H2,30,33). The van der Waals surface area contributed by atoms with Gasteiger partial charge in [0, 0.05) is 12.0 Å². The van der Waals surface area contributed by atoms with Crippen LogP contribution in [0.2, 0.25) is 0 Å². The Morgan fingerprint density at radius 3 is 2.17 bits per heavy atom. The maximum absolute atomic E-state index is 13.0. The van der Waals surface area contributed by atoms with E-state index in [0.717, 1.165) is 12.0 Å². The van der Waals surface area contributed by atoms with Gasteiger partial charge in [-0.3, -0.25) is 4.79 Å². The van der Waals surface area contributed by atoms with Crippen molar-refractivity contribution in [1.29, 1.82) is 0 Å². The van der Waals surface area contributed by atoms with Crippen LogP contribution in [0.1, 0.15) is 58.7 Å². The van der Waals surface area contributed by atoms with Crippen LogP contribution in [0.25, 0.3) is 0 Å². The number of carbonyl (C=O) groups is 2. The van der Waals surface area contributed by atoms with Gasteiger partial charge in [0.15, 0.2) is 5.60 Å². The fourth-order valence-corrected chi connectivity index (χ4v) is 4.99. The predicted molar refractivity (Wildman–Crippen MR) is 135 cm³/mol. The second kappa shape index (κ2) is 10.1. The summed E-state index contributed by atoms with van der Waals surface area (Å²) < 4.78 is 11.6. The number of amides is 1. The number of carbonyl (C=O) groups excluding carboxylic acids is 2. The molecule has 0 radical (unpaired) electrons. The maximum atomic E-state index is 13.0. The summed E-state index contributed by atoms with van der Waals surface area (Å²) in [5.74, 6) is -0.520. The van der Waals surface area contributed by atoms with Crippen LogP contribution < -0.4 is 5.73 Å². The Morgan fingerprint density at radius 2 is 1.57 bits per heavy atom. The van der Waals surface area contributed by atoms with E-state index in [1.807, 2.05) is 30.3 Å². The number of likely N-dealkylation sites (N-methyl/N-ethyl adjacent to an activating group) is 1. The summed E-state index contributed by atoms with van der Waals surface area (Å²) in [6.07, 6.45) is 3.53. The number of ether oxygens (including phenoxy) is 1. The summed E-state index contributed by atoms with van der Waals surface area (Å²) in [5, 5.41) is 0. The molecule has 1 aromatic heterocycles. The van der Waals surface area contributed by atoms with E-state index in [4.69, 9.17) is 14.9 Å². The summed E-state index contributed by atoms with van der Waals surface area (Å²) in [6, 6.07) is 21.8. The lowest BCUT2D eigenvalue weighted by atomic mass is 9.70. The molecule has 0 bridgehead atoms. The number of furan rings is 1. The van der Waals surface area contributed by atoms with Gasteiger partial charge in [0.1, 0.15) is 5.76 Å². The number of nitrogens with zero attached hydrogens (tertiary/aromatic N) is 1. The zero-order valence-electron chi connectivity index (χ0n) is 20.8. The maximum Gasteiger partial charge on any atom is 0.375 e. The van der Waals surface area contributed by atoms with Crippen molar-refractivity contribution < 1.29 is 18.7 Å². The molecular weight excluding hydrogens is 440 g/mol. The number of nitrogens with two attached hydrogens (primary N) is 1. The molecule has 3 aromatic rings. The molecule has 1 fully saturated rings. The van der Waals surface area contributed by atoms with Crippen LogP contribution in [0.5, 0.6) is 0 Å². The van der Waals surface area contributed by atoms with Gasteiger partial charge in [0.05, 0.1) is 0 Å². The molecule has 0 aliphatic heterocycles. The smallest absolute Gasteiger partial charge is 0.375 e. The first-order valence-electron chi connectivity index (χ1n) is 12.1. The van der Waals surface area contributed by atoms with Crippen LogP contribution in [-0.2, 0) is 22.4 Å². The Labute approximate surface area is 207 Å². The van der Waals surface area contributed by atoms with Crippen molar-refractivity contribution in [2.75, 3.05) is 14.1 Å². The fourth-order valence-electron chi connectivity index (χ4n) is 4.99. The molecule has 0 spiro atoms. The second-order valence-corrected chi connectivity index (χ2v) is 9.96. The average molecular weight is 475 g/mol. The molecule has 6 nitrogen and oxygen atoms in total. The number of primary amides is 1. The summed E-state index contributed by atoms with van der Waals surface area (Å²) in [6.45, 7) is 2.07. The van der Waals surface area contributed by atoms with Crippen molar-refractivity contribution in [2.45, 2.75) is 56.6 Å². The monoisotopic (exact) mass is 474 g/mol. The van der Waals surface area contributed by atoms with E-state index in [-0.39, 0.29) is 11.3 Å². The quantitative estimate of drug-likeness (QED) is 0.479. The van der Waals surface area contributed by atoms with Gasteiger partial charge in [-0.1, -0.05) is 60.2 Å². The van der Waals surface area contributed by atoms with Crippen molar-refractivity contribution in [3.63, 3.8) is 0 Å². The molecule has 1 saturated carbocycles. The van der Waals surface area contributed by atoms with Gasteiger partial charge in [0.25, 0.3) is 5.91 Å². The zero-order valence-corrected chi connectivity index (χ0v) is 20.8. The van der Waals surface area contributed by atoms with Crippen LogP contribution >= 0.6 is 0 Å². The first-order valence-corrected chi connectivity index (χ1v) is 12.1. The normalized spacial score (nSPS) is 22.2. The van der Waals surface area contributed by atoms with Crippen molar-refractivity contribution >= 4 is 11.9 Å². The van der Waals surface area contributed by atoms with Crippen LogP contribution in [-0.4, -0.2) is 42.0 Å². The van der Waals surface area contributed by atoms with Gasteiger partial charge in [-0.15, -0.1) is 0 Å². The first kappa shape index (κ1) is 24.7. The number of rotatable bonds is 8. The van der Waals surface area contributed by atoms with Crippen LogP contribution in [0.15, 0.2) is 71.1 Å². The Bertz CT molecular complexity index is 1160. The second-order valence-electron chi connectivity index (χ2n) is 9.96. The van der Waals surface area contributed by atoms with Crippen LogP contribution in [0.3, 0.4) is 0 Å². The highest BCUT2D eigenvalue weighted by Crippen LogP contribution is 2.42. The summed E-state index contributed by atoms with van der Waals surface area (Å²) >= 11 is 0. The fraction of sp³-hybridized carbons (Fsp3) is 0.379. The van der Waals surface area contributed by atoms with Gasteiger partial charge < -0.3 is 19.8 Å². The first-order chi connectivity index (χ1) is 16.7. The van der Waals surface area contributed by atoms with Crippen molar-refractivity contribution in [2.24, 2.45) is 5.73 Å². The van der Waals surface area contributed by atoms with E-state index in [0.29, 0.717) is 37.9 Å². The molecule has 1 aliphatic rings. The number of esters is 1. The van der Waals surface area contributed by atoms with E-state index in [9.17, 15) is 9.59 Å². The van der Waals surface area contributed by atoms with Gasteiger partial charge in [-0.05, 0) is 76.4 Å². The molecule has 2 aromatic carbocycles. The Morgan fingerprint density at radius 1 is 0.914 bits per heavy atom. The SMILES string of the molecule is Cc1ccc(CC2(N(C)C)CCC(OC(=O)c3ccc(Cc4ccccc4)o3)(C(N)=O)CC2)cc1. The molecule has 0 unspecified atom stereocenters. The zero-order chi connectivity index (χ0) is 25.1. The largest absolute Gasteiger partial charge is 0.454 e. The van der Waals surface area contributed by atoms with Crippen LogP contribution in [0.4, 0.5) is 0 Å². The molecule has 1 aliphatic carbocycles. The molecule has 2 N–H and O–H groups in total. The molecule has 1 heterocycles. The minimum absolute atomic E-state index is 0.0839. The summed E-state index contributed by atoms with van der Waals surface area (Å²) in [5.41, 5.74) is 7.88. The number of hydrogen-bond donors (Lipinski definition) is 1.